The topological polar surface area (TPSA) is 91.6 Å². The molecular weight excluding hydrogens is 470 g/mol. The number of nitrogen functional groups attached to an aromatic ring is 1. The van der Waals surface area contributed by atoms with E-state index in [0.29, 0.717) is 42.5 Å². The molecule has 0 aliphatic heterocycles. The Hall–Kier alpha value is -2.94. The number of carbonyl (C=O) groups is 2. The van der Waals surface area contributed by atoms with Gasteiger partial charge in [0.05, 0.1) is 0 Å². The van der Waals surface area contributed by atoms with Crippen molar-refractivity contribution < 1.29 is 9.59 Å². The Morgan fingerprint density at radius 2 is 1.94 bits per heavy atom. The van der Waals surface area contributed by atoms with E-state index in [1.54, 1.807) is 17.2 Å². The first-order valence-corrected chi connectivity index (χ1v) is 12.3. The van der Waals surface area contributed by atoms with Crippen LogP contribution in [0.15, 0.2) is 53.4 Å². The highest BCUT2D eigenvalue weighted by atomic mass is 35.5. The van der Waals surface area contributed by atoms with E-state index >= 15 is 0 Å². The number of Topliss-reactive ketones (excluding diaryl/α,β-unsaturated/α-hetero) is 1. The molecule has 0 atom stereocenters. The van der Waals surface area contributed by atoms with Gasteiger partial charge in [0.15, 0.2) is 5.78 Å². The summed E-state index contributed by atoms with van der Waals surface area (Å²) in [6.07, 6.45) is 2.58. The minimum Gasteiger partial charge on any atom is -0.398 e. The molecule has 180 valence electrons. The normalized spacial score (nSPS) is 10.9. The molecule has 2 aromatic heterocycles. The lowest BCUT2D eigenvalue weighted by Gasteiger charge is -2.25. The minimum atomic E-state index is -0.142. The van der Waals surface area contributed by atoms with Crippen molar-refractivity contribution in [3.8, 4) is 0 Å². The van der Waals surface area contributed by atoms with Gasteiger partial charge in [-0.05, 0) is 60.8 Å². The van der Waals surface area contributed by atoms with Crippen LogP contribution in [0.3, 0.4) is 0 Å². The molecule has 3 N–H and O–H groups in total. The highest BCUT2D eigenvalue weighted by Gasteiger charge is 2.16. The highest BCUT2D eigenvalue weighted by Crippen LogP contribution is 2.19. The Balaban J connectivity index is 1.58. The molecule has 1 aromatic carbocycles. The number of nitrogens with zero attached hydrogens (tertiary/aromatic N) is 3. The second-order valence-electron chi connectivity index (χ2n) is 8.34. The van der Waals surface area contributed by atoms with Gasteiger partial charge in [0, 0.05) is 54.9 Å². The SMILES string of the molecule is CN(C)CCN(Cc1ccc(C(=O)Cc2cscc2N)nc1)C(=O)NCCc1cccc(Cl)c1. The molecule has 7 nitrogen and oxygen atoms in total. The maximum absolute atomic E-state index is 12.9. The van der Waals surface area contributed by atoms with Crippen molar-refractivity contribution in [2.45, 2.75) is 19.4 Å². The van der Waals surface area contributed by atoms with Gasteiger partial charge in [0.1, 0.15) is 5.69 Å². The standard InChI is InChI=1S/C25H30ClN5O2S/c1-30(2)10-11-31(25(33)28-9-8-18-4-3-5-21(26)12-18)15-19-6-7-23(29-14-19)24(32)13-20-16-34-17-22(20)27/h3-7,12,14,16-17H,8-11,13,15,27H2,1-2H3,(H,28,33). The summed E-state index contributed by atoms with van der Waals surface area (Å²) in [5.41, 5.74) is 9.66. The number of benzene rings is 1. The van der Waals surface area contributed by atoms with Gasteiger partial charge in [-0.15, -0.1) is 11.3 Å². The van der Waals surface area contributed by atoms with Crippen molar-refractivity contribution in [1.29, 1.82) is 0 Å². The van der Waals surface area contributed by atoms with Crippen LogP contribution in [-0.2, 0) is 19.4 Å². The Bertz CT molecular complexity index is 1100. The lowest BCUT2D eigenvalue weighted by atomic mass is 10.1. The number of aromatic nitrogens is 1. The van der Waals surface area contributed by atoms with Crippen molar-refractivity contribution in [1.82, 2.24) is 20.1 Å². The van der Waals surface area contributed by atoms with Crippen LogP contribution < -0.4 is 11.1 Å². The number of anilines is 1. The van der Waals surface area contributed by atoms with Gasteiger partial charge in [0.2, 0.25) is 0 Å². The van der Waals surface area contributed by atoms with Crippen molar-refractivity contribution >= 4 is 40.4 Å². The van der Waals surface area contributed by atoms with Crippen molar-refractivity contribution in [3.05, 3.63) is 80.8 Å². The molecule has 2 heterocycles. The number of halogens is 1. The number of thiophene rings is 1. The summed E-state index contributed by atoms with van der Waals surface area (Å²) in [6, 6.07) is 11.0. The Morgan fingerprint density at radius 1 is 1.12 bits per heavy atom. The van der Waals surface area contributed by atoms with Gasteiger partial charge in [0.25, 0.3) is 0 Å². The van der Waals surface area contributed by atoms with Gasteiger partial charge in [-0.2, -0.15) is 0 Å². The fourth-order valence-electron chi connectivity index (χ4n) is 3.33. The fourth-order valence-corrected chi connectivity index (χ4v) is 4.30. The summed E-state index contributed by atoms with van der Waals surface area (Å²) < 4.78 is 0. The first kappa shape index (κ1) is 25.7. The van der Waals surface area contributed by atoms with E-state index in [-0.39, 0.29) is 18.2 Å². The van der Waals surface area contributed by atoms with Crippen molar-refractivity contribution in [2.24, 2.45) is 0 Å². The second kappa shape index (κ2) is 12.5. The molecule has 34 heavy (non-hydrogen) atoms. The maximum Gasteiger partial charge on any atom is 0.317 e. The number of hydrogen-bond donors (Lipinski definition) is 2. The average Bonchev–Trinajstić information content (AvgIpc) is 3.21. The molecule has 0 bridgehead atoms. The molecule has 0 spiro atoms. The third-order valence-electron chi connectivity index (χ3n) is 5.29. The lowest BCUT2D eigenvalue weighted by molar-refractivity contribution is 0.0988. The van der Waals surface area contributed by atoms with Crippen LogP contribution >= 0.6 is 22.9 Å². The maximum atomic E-state index is 12.9. The van der Waals surface area contributed by atoms with Crippen LogP contribution in [0.1, 0.15) is 27.2 Å². The second-order valence-corrected chi connectivity index (χ2v) is 9.52. The molecule has 2 amide bonds. The van der Waals surface area contributed by atoms with Gasteiger partial charge in [-0.3, -0.25) is 9.78 Å². The molecule has 0 aliphatic carbocycles. The van der Waals surface area contributed by atoms with Gasteiger partial charge in [-0.25, -0.2) is 4.79 Å². The number of nitrogens with one attached hydrogen (secondary N) is 1. The Morgan fingerprint density at radius 3 is 2.59 bits per heavy atom. The number of hydrogen-bond acceptors (Lipinski definition) is 6. The van der Waals surface area contributed by atoms with E-state index < -0.39 is 0 Å². The average molecular weight is 500 g/mol. The quantitative estimate of drug-likeness (QED) is 0.387. The Labute approximate surface area is 209 Å². The Kier molecular flexibility index (Phi) is 9.44. The zero-order chi connectivity index (χ0) is 24.5. The van der Waals surface area contributed by atoms with Crippen molar-refractivity contribution in [2.75, 3.05) is 39.5 Å². The highest BCUT2D eigenvalue weighted by molar-refractivity contribution is 7.08. The number of pyridine rings is 1. The smallest absolute Gasteiger partial charge is 0.317 e. The van der Waals surface area contributed by atoms with E-state index in [1.807, 2.05) is 60.1 Å². The number of rotatable bonds is 11. The predicted octanol–water partition coefficient (Wildman–Crippen LogP) is 4.12. The molecule has 0 saturated heterocycles. The number of ketones is 1. The molecule has 0 saturated carbocycles. The third-order valence-corrected chi connectivity index (χ3v) is 6.34. The van der Waals surface area contributed by atoms with Gasteiger partial charge >= 0.3 is 6.03 Å². The van der Waals surface area contributed by atoms with E-state index in [2.05, 4.69) is 10.3 Å². The number of nitrogens with two attached hydrogens (primary N) is 1. The van der Waals surface area contributed by atoms with E-state index in [4.69, 9.17) is 17.3 Å². The zero-order valence-corrected chi connectivity index (χ0v) is 21.0. The van der Waals surface area contributed by atoms with Crippen LogP contribution in [0.2, 0.25) is 5.02 Å². The predicted molar refractivity (Wildman–Crippen MR) is 139 cm³/mol. The molecular formula is C25H30ClN5O2S. The molecule has 9 heteroatoms. The van der Waals surface area contributed by atoms with E-state index in [0.717, 1.165) is 23.2 Å². The summed E-state index contributed by atoms with van der Waals surface area (Å²) in [7, 11) is 3.94. The first-order chi connectivity index (χ1) is 16.3. The monoisotopic (exact) mass is 499 g/mol. The largest absolute Gasteiger partial charge is 0.398 e. The van der Waals surface area contributed by atoms with Crippen LogP contribution in [0.5, 0.6) is 0 Å². The number of urea groups is 1. The summed E-state index contributed by atoms with van der Waals surface area (Å²) in [5, 5.41) is 7.38. The molecule has 3 aromatic rings. The molecule has 3 rings (SSSR count). The van der Waals surface area contributed by atoms with Crippen LogP contribution in [0.25, 0.3) is 0 Å². The number of amides is 2. The molecule has 0 radical (unpaired) electrons. The fraction of sp³-hybridized carbons (Fsp3) is 0.320. The third kappa shape index (κ3) is 7.83. The van der Waals surface area contributed by atoms with E-state index in [1.165, 1.54) is 11.3 Å². The lowest BCUT2D eigenvalue weighted by Crippen LogP contribution is -2.43. The summed E-state index contributed by atoms with van der Waals surface area (Å²) >= 11 is 7.51. The summed E-state index contributed by atoms with van der Waals surface area (Å²) in [5.74, 6) is -0.0835. The summed E-state index contributed by atoms with van der Waals surface area (Å²) in [6.45, 7) is 2.20. The van der Waals surface area contributed by atoms with E-state index in [9.17, 15) is 9.59 Å². The van der Waals surface area contributed by atoms with Crippen LogP contribution in [0, 0.1) is 0 Å². The molecule has 0 aliphatic rings. The number of likely N-dealkylation sites (N-methyl/N-ethyl adjacent to an activating group) is 1. The van der Waals surface area contributed by atoms with Crippen LogP contribution in [0.4, 0.5) is 10.5 Å². The zero-order valence-electron chi connectivity index (χ0n) is 19.5. The van der Waals surface area contributed by atoms with Crippen molar-refractivity contribution in [3.63, 3.8) is 0 Å². The first-order valence-electron chi connectivity index (χ1n) is 11.0. The van der Waals surface area contributed by atoms with Gasteiger partial charge < -0.3 is 20.9 Å². The van der Waals surface area contributed by atoms with Crippen LogP contribution in [-0.4, -0.2) is 60.3 Å². The summed E-state index contributed by atoms with van der Waals surface area (Å²) in [4.78, 5) is 33.5. The minimum absolute atomic E-state index is 0.0835. The number of carbonyl (C=O) groups excluding carboxylic acids is 2. The van der Waals surface area contributed by atoms with Gasteiger partial charge in [-0.1, -0.05) is 29.8 Å². The molecule has 0 fully saturated rings. The molecule has 0 unspecified atom stereocenters.